The number of nitrogens with zero attached hydrogens (tertiary/aromatic N) is 1. The van der Waals surface area contributed by atoms with Gasteiger partial charge in [-0.2, -0.15) is 0 Å². The molecule has 4 heteroatoms. The maximum absolute atomic E-state index is 11.6. The van der Waals surface area contributed by atoms with Gasteiger partial charge in [0.05, 0.1) is 17.5 Å². The molecule has 112 valence electrons. The Morgan fingerprint density at radius 1 is 1.09 bits per heavy atom. The van der Waals surface area contributed by atoms with Crippen molar-refractivity contribution < 1.29 is 9.53 Å². The van der Waals surface area contributed by atoms with Gasteiger partial charge in [0.15, 0.2) is 0 Å². The van der Waals surface area contributed by atoms with Gasteiger partial charge in [-0.15, -0.1) is 0 Å². The Bertz CT molecular complexity index is 721. The topological polar surface area (TPSA) is 51.2 Å². The average Bonchev–Trinajstić information content (AvgIpc) is 3.26. The fraction of sp³-hybridized carbons (Fsp3) is 0.222. The van der Waals surface area contributed by atoms with Crippen LogP contribution in [0.2, 0.25) is 0 Å². The van der Waals surface area contributed by atoms with E-state index in [0.717, 1.165) is 34.6 Å². The monoisotopic (exact) mass is 294 g/mol. The largest absolute Gasteiger partial charge is 0.447 e. The zero-order valence-corrected chi connectivity index (χ0v) is 12.7. The first-order valence-corrected chi connectivity index (χ1v) is 7.36. The Kier molecular flexibility index (Phi) is 3.92. The highest BCUT2D eigenvalue weighted by molar-refractivity contribution is 5.86. The van der Waals surface area contributed by atoms with Crippen molar-refractivity contribution in [2.45, 2.75) is 26.4 Å². The van der Waals surface area contributed by atoms with Gasteiger partial charge in [0.1, 0.15) is 0 Å². The Labute approximate surface area is 129 Å². The molecule has 0 fully saturated rings. The molecule has 0 unspecified atom stereocenters. The molecule has 1 amide bonds. The number of nitrogens with one attached hydrogen (secondary N) is 1. The summed E-state index contributed by atoms with van der Waals surface area (Å²) in [6.45, 7) is 3.65. The lowest BCUT2D eigenvalue weighted by molar-refractivity contribution is 0.118. The van der Waals surface area contributed by atoms with E-state index in [1.54, 1.807) is 0 Å². The standard InChI is InChI=1S/C18H18N2O2/c1-12(2)22-18(21)20-17-11-14(17)16-10-6-9-15(19-16)13-7-4-3-5-8-13/h3-10,12H,11H2,1-2H3,(H,20,21). The summed E-state index contributed by atoms with van der Waals surface area (Å²) in [7, 11) is 0. The third-order valence-corrected chi connectivity index (χ3v) is 3.32. The first-order chi connectivity index (χ1) is 10.6. The molecular weight excluding hydrogens is 276 g/mol. The third kappa shape index (κ3) is 3.34. The Hall–Kier alpha value is -2.62. The summed E-state index contributed by atoms with van der Waals surface area (Å²) in [6, 6.07) is 16.0. The van der Waals surface area contributed by atoms with Crippen molar-refractivity contribution in [3.05, 3.63) is 59.9 Å². The van der Waals surface area contributed by atoms with E-state index in [9.17, 15) is 4.79 Å². The van der Waals surface area contributed by atoms with Crippen molar-refractivity contribution in [3.63, 3.8) is 0 Å². The van der Waals surface area contributed by atoms with Crippen molar-refractivity contribution in [2.24, 2.45) is 0 Å². The second kappa shape index (κ2) is 6.02. The second-order valence-corrected chi connectivity index (χ2v) is 5.49. The van der Waals surface area contributed by atoms with Crippen LogP contribution in [0.4, 0.5) is 4.79 Å². The number of hydrogen-bond acceptors (Lipinski definition) is 3. The van der Waals surface area contributed by atoms with Crippen molar-refractivity contribution in [1.29, 1.82) is 0 Å². The minimum atomic E-state index is -0.404. The summed E-state index contributed by atoms with van der Waals surface area (Å²) in [6.07, 6.45) is 0.222. The predicted molar refractivity (Wildman–Crippen MR) is 86.0 cm³/mol. The second-order valence-electron chi connectivity index (χ2n) is 5.49. The number of hydrogen-bond donors (Lipinski definition) is 1. The molecule has 0 saturated carbocycles. The first kappa shape index (κ1) is 14.3. The number of ether oxygens (including phenoxy) is 1. The third-order valence-electron chi connectivity index (χ3n) is 3.32. The van der Waals surface area contributed by atoms with Crippen molar-refractivity contribution in [1.82, 2.24) is 10.3 Å². The molecule has 1 N–H and O–H groups in total. The van der Waals surface area contributed by atoms with Gasteiger partial charge in [0.2, 0.25) is 0 Å². The lowest BCUT2D eigenvalue weighted by Gasteiger charge is -2.06. The fourth-order valence-electron chi connectivity index (χ4n) is 2.24. The summed E-state index contributed by atoms with van der Waals surface area (Å²) in [5.41, 5.74) is 4.88. The number of carbonyl (C=O) groups excluding carboxylic acids is 1. The van der Waals surface area contributed by atoms with E-state index >= 15 is 0 Å². The minimum Gasteiger partial charge on any atom is -0.447 e. The fourth-order valence-corrected chi connectivity index (χ4v) is 2.24. The molecule has 0 radical (unpaired) electrons. The maximum atomic E-state index is 11.6. The van der Waals surface area contributed by atoms with Gasteiger partial charge >= 0.3 is 6.09 Å². The SMILES string of the molecule is CC(C)OC(=O)NC1=C(c2cccc(-c3ccccc3)n2)C1. The normalized spacial score (nSPS) is 13.2. The lowest BCUT2D eigenvalue weighted by Crippen LogP contribution is -2.23. The van der Waals surface area contributed by atoms with E-state index < -0.39 is 6.09 Å². The molecule has 22 heavy (non-hydrogen) atoms. The highest BCUT2D eigenvalue weighted by Gasteiger charge is 2.27. The predicted octanol–water partition coefficient (Wildman–Crippen LogP) is 4.00. The summed E-state index contributed by atoms with van der Waals surface area (Å²) in [5.74, 6) is 0. The number of amides is 1. The lowest BCUT2D eigenvalue weighted by atomic mass is 10.1. The number of allylic oxidation sites excluding steroid dienone is 2. The molecule has 2 aromatic rings. The molecule has 0 saturated heterocycles. The van der Waals surface area contributed by atoms with Crippen LogP contribution in [0.15, 0.2) is 54.2 Å². The molecule has 0 aliphatic heterocycles. The number of alkyl carbamates (subject to hydrolysis) is 1. The molecule has 1 heterocycles. The van der Waals surface area contributed by atoms with Crippen LogP contribution < -0.4 is 5.32 Å². The molecule has 1 aromatic heterocycles. The molecule has 1 aromatic carbocycles. The summed E-state index contributed by atoms with van der Waals surface area (Å²) >= 11 is 0. The van der Waals surface area contributed by atoms with Crippen molar-refractivity contribution in [2.75, 3.05) is 0 Å². The molecule has 0 atom stereocenters. The highest BCUT2D eigenvalue weighted by Crippen LogP contribution is 2.37. The molecule has 0 bridgehead atoms. The van der Waals surface area contributed by atoms with E-state index in [0.29, 0.717) is 0 Å². The van der Waals surface area contributed by atoms with Crippen LogP contribution >= 0.6 is 0 Å². The van der Waals surface area contributed by atoms with Crippen LogP contribution in [0.5, 0.6) is 0 Å². The summed E-state index contributed by atoms with van der Waals surface area (Å²) in [5, 5.41) is 2.77. The van der Waals surface area contributed by atoms with E-state index in [1.807, 2.05) is 62.4 Å². The van der Waals surface area contributed by atoms with Crippen LogP contribution in [0.25, 0.3) is 16.8 Å². The smallest absolute Gasteiger partial charge is 0.411 e. The summed E-state index contributed by atoms with van der Waals surface area (Å²) < 4.78 is 5.07. The zero-order valence-electron chi connectivity index (χ0n) is 12.7. The van der Waals surface area contributed by atoms with Gasteiger partial charge in [-0.1, -0.05) is 36.4 Å². The Morgan fingerprint density at radius 3 is 2.55 bits per heavy atom. The highest BCUT2D eigenvalue weighted by atomic mass is 16.6. The maximum Gasteiger partial charge on any atom is 0.411 e. The van der Waals surface area contributed by atoms with Crippen molar-refractivity contribution in [3.8, 4) is 11.3 Å². The van der Waals surface area contributed by atoms with Gasteiger partial charge in [-0.25, -0.2) is 9.78 Å². The van der Waals surface area contributed by atoms with E-state index in [4.69, 9.17) is 4.74 Å². The number of pyridine rings is 1. The molecule has 4 nitrogen and oxygen atoms in total. The van der Waals surface area contributed by atoms with Gasteiger partial charge in [0, 0.05) is 23.3 Å². The average molecular weight is 294 g/mol. The van der Waals surface area contributed by atoms with E-state index in [1.165, 1.54) is 0 Å². The molecular formula is C18H18N2O2. The van der Waals surface area contributed by atoms with E-state index in [-0.39, 0.29) is 6.10 Å². The molecule has 0 spiro atoms. The Morgan fingerprint density at radius 2 is 1.82 bits per heavy atom. The van der Waals surface area contributed by atoms with Crippen LogP contribution in [-0.2, 0) is 4.74 Å². The quantitative estimate of drug-likeness (QED) is 0.927. The molecule has 3 rings (SSSR count). The first-order valence-electron chi connectivity index (χ1n) is 7.36. The molecule has 1 aliphatic carbocycles. The number of benzene rings is 1. The van der Waals surface area contributed by atoms with Crippen LogP contribution in [-0.4, -0.2) is 17.2 Å². The number of rotatable bonds is 4. The van der Waals surface area contributed by atoms with Crippen LogP contribution in [0.3, 0.4) is 0 Å². The Balaban J connectivity index is 1.76. The molecule has 1 aliphatic rings. The van der Waals surface area contributed by atoms with Gasteiger partial charge in [-0.05, 0) is 26.0 Å². The summed E-state index contributed by atoms with van der Waals surface area (Å²) in [4.78, 5) is 16.3. The van der Waals surface area contributed by atoms with Gasteiger partial charge in [0.25, 0.3) is 0 Å². The number of carbonyl (C=O) groups is 1. The van der Waals surface area contributed by atoms with Crippen LogP contribution in [0, 0.1) is 0 Å². The van der Waals surface area contributed by atoms with Crippen molar-refractivity contribution >= 4 is 11.7 Å². The minimum absolute atomic E-state index is 0.123. The van der Waals surface area contributed by atoms with E-state index in [2.05, 4.69) is 10.3 Å². The zero-order chi connectivity index (χ0) is 15.5. The van der Waals surface area contributed by atoms with Gasteiger partial charge in [-0.3, -0.25) is 5.32 Å². The van der Waals surface area contributed by atoms with Gasteiger partial charge < -0.3 is 4.74 Å². The van der Waals surface area contributed by atoms with Crippen LogP contribution in [0.1, 0.15) is 26.0 Å². The number of aromatic nitrogens is 1.